The minimum Gasteiger partial charge on any atom is -0.497 e. The molecule has 1 saturated heterocycles. The molecule has 0 aromatic heterocycles. The van der Waals surface area contributed by atoms with Gasteiger partial charge in [0, 0.05) is 11.8 Å². The smallest absolute Gasteiger partial charge is 0.338 e. The van der Waals surface area contributed by atoms with E-state index in [1.165, 1.54) is 24.1 Å². The predicted octanol–water partition coefficient (Wildman–Crippen LogP) is 3.03. The highest BCUT2D eigenvalue weighted by Gasteiger charge is 2.61. The number of nitrogens with zero attached hydrogens (tertiary/aromatic N) is 1. The largest absolute Gasteiger partial charge is 0.497 e. The first-order valence-electron chi connectivity index (χ1n) is 11.0. The van der Waals surface area contributed by atoms with Gasteiger partial charge in [-0.25, -0.2) is 4.79 Å². The van der Waals surface area contributed by atoms with E-state index in [4.69, 9.17) is 9.47 Å². The second-order valence-corrected chi connectivity index (χ2v) is 8.80. The number of nitrogens with one attached hydrogen (secondary N) is 1. The van der Waals surface area contributed by atoms with E-state index in [0.29, 0.717) is 17.1 Å². The normalized spacial score (nSPS) is 25.2. The number of anilines is 2. The molecule has 8 nitrogen and oxygen atoms in total. The molecule has 3 aliphatic rings. The lowest BCUT2D eigenvalue weighted by Gasteiger charge is -2.19. The summed E-state index contributed by atoms with van der Waals surface area (Å²) in [7, 11) is 1.52. The number of fused-ring (bicyclic) bond motifs is 5. The minimum absolute atomic E-state index is 0.166. The number of ether oxygens (including phenoxy) is 2. The lowest BCUT2D eigenvalue weighted by molar-refractivity contribution is -0.123. The summed E-state index contributed by atoms with van der Waals surface area (Å²) in [6.07, 6.45) is 2.97. The molecule has 0 radical (unpaired) electrons. The zero-order valence-corrected chi connectivity index (χ0v) is 18.2. The zero-order valence-electron chi connectivity index (χ0n) is 18.2. The lowest BCUT2D eigenvalue weighted by atomic mass is 9.81. The number of methoxy groups -OCH3 is 1. The summed E-state index contributed by atoms with van der Waals surface area (Å²) in [5.74, 6) is -0.835. The van der Waals surface area contributed by atoms with E-state index in [1.807, 2.05) is 0 Å². The number of imide groups is 1. The minimum atomic E-state index is -0.711. The van der Waals surface area contributed by atoms with Crippen molar-refractivity contribution in [1.29, 1.82) is 0 Å². The first kappa shape index (κ1) is 21.2. The third kappa shape index (κ3) is 3.75. The van der Waals surface area contributed by atoms with Crippen LogP contribution < -0.4 is 15.0 Å². The van der Waals surface area contributed by atoms with Gasteiger partial charge in [-0.1, -0.05) is 12.1 Å². The van der Waals surface area contributed by atoms with Crippen molar-refractivity contribution in [2.75, 3.05) is 23.9 Å². The van der Waals surface area contributed by atoms with E-state index in [0.717, 1.165) is 19.3 Å². The van der Waals surface area contributed by atoms with Crippen molar-refractivity contribution in [3.05, 3.63) is 54.1 Å². The van der Waals surface area contributed by atoms with Gasteiger partial charge in [-0.15, -0.1) is 0 Å². The number of hydrogen-bond acceptors (Lipinski definition) is 6. The topological polar surface area (TPSA) is 102 Å². The number of carbonyl (C=O) groups excluding carboxylic acids is 4. The first-order chi connectivity index (χ1) is 16.0. The number of rotatable bonds is 6. The molecule has 2 bridgehead atoms. The highest BCUT2D eigenvalue weighted by molar-refractivity contribution is 6.22. The van der Waals surface area contributed by atoms with E-state index < -0.39 is 18.5 Å². The van der Waals surface area contributed by atoms with Crippen LogP contribution in [0.2, 0.25) is 0 Å². The van der Waals surface area contributed by atoms with Crippen LogP contribution in [-0.4, -0.2) is 37.4 Å². The fraction of sp³-hybridized carbons (Fsp3) is 0.360. The molecule has 170 valence electrons. The average Bonchev–Trinajstić information content (AvgIpc) is 3.51. The van der Waals surface area contributed by atoms with E-state index in [1.54, 1.807) is 36.4 Å². The molecule has 2 aromatic rings. The Morgan fingerprint density at radius 1 is 1.00 bits per heavy atom. The van der Waals surface area contributed by atoms with Crippen LogP contribution in [0.25, 0.3) is 0 Å². The summed E-state index contributed by atoms with van der Waals surface area (Å²) in [6, 6.07) is 13.1. The van der Waals surface area contributed by atoms with Crippen molar-refractivity contribution in [2.24, 2.45) is 23.7 Å². The SMILES string of the molecule is COc1cccc(NC(=O)COC(=O)c2cccc(N3C(=O)[C@H]4[C@H]5CC[C@@H](C5)[C@@H]4C3=O)c2)c1. The standard InChI is InChI=1S/C25H24N2O6/c1-32-19-7-3-5-17(12-19)26-20(28)13-33-25(31)16-4-2-6-18(11-16)27-23(29)21-14-8-9-15(10-14)22(21)24(27)30/h2-7,11-12,14-15,21-22H,8-10,13H2,1H3,(H,26,28)/t14-,15-,21-,22-/m0/s1. The van der Waals surface area contributed by atoms with Crippen molar-refractivity contribution in [2.45, 2.75) is 19.3 Å². The summed E-state index contributed by atoms with van der Waals surface area (Å²) in [4.78, 5) is 52.0. The van der Waals surface area contributed by atoms with Crippen LogP contribution in [0.15, 0.2) is 48.5 Å². The van der Waals surface area contributed by atoms with Gasteiger partial charge in [-0.05, 0) is 61.4 Å². The van der Waals surface area contributed by atoms with Crippen LogP contribution in [0.3, 0.4) is 0 Å². The van der Waals surface area contributed by atoms with Gasteiger partial charge < -0.3 is 14.8 Å². The molecule has 2 aromatic carbocycles. The maximum atomic E-state index is 13.0. The average molecular weight is 448 g/mol. The zero-order chi connectivity index (χ0) is 23.1. The van der Waals surface area contributed by atoms with Gasteiger partial charge in [0.2, 0.25) is 11.8 Å². The molecular formula is C25H24N2O6. The third-order valence-corrected chi connectivity index (χ3v) is 6.96. The van der Waals surface area contributed by atoms with Crippen LogP contribution in [0, 0.1) is 23.7 Å². The second-order valence-electron chi connectivity index (χ2n) is 8.80. The number of hydrogen-bond donors (Lipinski definition) is 1. The van der Waals surface area contributed by atoms with Crippen LogP contribution in [-0.2, 0) is 19.1 Å². The Kier molecular flexibility index (Phi) is 5.36. The van der Waals surface area contributed by atoms with Gasteiger partial charge in [0.15, 0.2) is 6.61 Å². The fourth-order valence-corrected chi connectivity index (χ4v) is 5.55. The molecule has 2 saturated carbocycles. The lowest BCUT2D eigenvalue weighted by Crippen LogP contribution is -2.32. The van der Waals surface area contributed by atoms with Crippen molar-refractivity contribution < 1.29 is 28.7 Å². The van der Waals surface area contributed by atoms with Crippen molar-refractivity contribution in [3.8, 4) is 5.75 Å². The van der Waals surface area contributed by atoms with Gasteiger partial charge >= 0.3 is 5.97 Å². The Balaban J connectivity index is 1.24. The van der Waals surface area contributed by atoms with E-state index >= 15 is 0 Å². The van der Waals surface area contributed by atoms with Crippen LogP contribution in [0.1, 0.15) is 29.6 Å². The Morgan fingerprint density at radius 3 is 2.39 bits per heavy atom. The van der Waals surface area contributed by atoms with Gasteiger partial charge in [-0.2, -0.15) is 0 Å². The van der Waals surface area contributed by atoms with Crippen LogP contribution in [0.4, 0.5) is 11.4 Å². The Labute approximate surface area is 190 Å². The summed E-state index contributed by atoms with van der Waals surface area (Å²) in [5.41, 5.74) is 1.05. The first-order valence-corrected chi connectivity index (χ1v) is 11.0. The van der Waals surface area contributed by atoms with Gasteiger partial charge in [0.1, 0.15) is 5.75 Å². The summed E-state index contributed by atoms with van der Waals surface area (Å²) in [6.45, 7) is -0.477. The van der Waals surface area contributed by atoms with Crippen molar-refractivity contribution in [3.63, 3.8) is 0 Å². The third-order valence-electron chi connectivity index (χ3n) is 6.96. The number of esters is 1. The number of carbonyl (C=O) groups is 4. The highest BCUT2D eigenvalue weighted by atomic mass is 16.5. The van der Waals surface area contributed by atoms with Gasteiger partial charge in [-0.3, -0.25) is 19.3 Å². The van der Waals surface area contributed by atoms with Gasteiger partial charge in [0.25, 0.3) is 5.91 Å². The fourth-order valence-electron chi connectivity index (χ4n) is 5.55. The maximum absolute atomic E-state index is 13.0. The molecule has 1 aliphatic heterocycles. The molecular weight excluding hydrogens is 424 g/mol. The predicted molar refractivity (Wildman–Crippen MR) is 119 cm³/mol. The van der Waals surface area contributed by atoms with Gasteiger partial charge in [0.05, 0.1) is 30.2 Å². The van der Waals surface area contributed by atoms with Crippen LogP contribution in [0.5, 0.6) is 5.75 Å². The van der Waals surface area contributed by atoms with Crippen LogP contribution >= 0.6 is 0 Å². The molecule has 1 heterocycles. The Hall–Kier alpha value is -3.68. The molecule has 3 fully saturated rings. The Bertz CT molecular complexity index is 1120. The van der Waals surface area contributed by atoms with Crippen molar-refractivity contribution >= 4 is 35.1 Å². The molecule has 1 N–H and O–H groups in total. The number of amides is 3. The molecule has 3 amide bonds. The maximum Gasteiger partial charge on any atom is 0.338 e. The summed E-state index contributed by atoms with van der Waals surface area (Å²) in [5, 5.41) is 2.63. The Morgan fingerprint density at radius 2 is 1.70 bits per heavy atom. The molecule has 0 spiro atoms. The molecule has 2 aliphatic carbocycles. The second kappa shape index (κ2) is 8.35. The highest BCUT2D eigenvalue weighted by Crippen LogP contribution is 2.56. The van der Waals surface area contributed by atoms with E-state index in [2.05, 4.69) is 5.32 Å². The molecule has 8 heteroatoms. The molecule has 33 heavy (non-hydrogen) atoms. The summed E-state index contributed by atoms with van der Waals surface area (Å²) < 4.78 is 10.2. The summed E-state index contributed by atoms with van der Waals surface area (Å²) >= 11 is 0. The van der Waals surface area contributed by atoms with E-state index in [9.17, 15) is 19.2 Å². The quantitative estimate of drug-likeness (QED) is 0.538. The number of benzene rings is 2. The molecule has 4 atom stereocenters. The van der Waals surface area contributed by atoms with E-state index in [-0.39, 0.29) is 41.0 Å². The molecule has 0 unspecified atom stereocenters. The van der Waals surface area contributed by atoms with Crippen molar-refractivity contribution in [1.82, 2.24) is 0 Å². The molecule has 5 rings (SSSR count). The monoisotopic (exact) mass is 448 g/mol.